The predicted molar refractivity (Wildman–Crippen MR) is 73.5 cm³/mol. The lowest BCUT2D eigenvalue weighted by atomic mass is 9.88. The van der Waals surface area contributed by atoms with Crippen molar-refractivity contribution in [3.63, 3.8) is 0 Å². The predicted octanol–water partition coefficient (Wildman–Crippen LogP) is 1.81. The molecular weight excluding hydrogens is 254 g/mol. The normalized spacial score (nSPS) is 16.2. The van der Waals surface area contributed by atoms with Crippen molar-refractivity contribution in [2.24, 2.45) is 5.73 Å². The molecular formula is C14H17N5O. The smallest absolute Gasteiger partial charge is 0.254 e. The second-order valence-corrected chi connectivity index (χ2v) is 5.12. The first kappa shape index (κ1) is 12.8. The molecule has 2 aromatic heterocycles. The van der Waals surface area contributed by atoms with Crippen molar-refractivity contribution < 1.29 is 4.79 Å². The quantitative estimate of drug-likeness (QED) is 0.922. The summed E-state index contributed by atoms with van der Waals surface area (Å²) in [6.07, 6.45) is 10.8. The monoisotopic (exact) mass is 271 g/mol. The minimum Gasteiger partial charge on any atom is -0.365 e. The summed E-state index contributed by atoms with van der Waals surface area (Å²) in [5, 5.41) is 4.13. The number of hydrogen-bond acceptors (Lipinski definition) is 4. The van der Waals surface area contributed by atoms with E-state index >= 15 is 0 Å². The zero-order chi connectivity index (χ0) is 13.9. The van der Waals surface area contributed by atoms with Crippen molar-refractivity contribution in [1.29, 1.82) is 0 Å². The van der Waals surface area contributed by atoms with Gasteiger partial charge in [-0.15, -0.1) is 0 Å². The molecule has 1 aliphatic rings. The number of nitrogens with two attached hydrogens (primary N) is 1. The summed E-state index contributed by atoms with van der Waals surface area (Å²) < 4.78 is 1.56. The Bertz CT molecular complexity index is 602. The van der Waals surface area contributed by atoms with Crippen molar-refractivity contribution in [2.75, 3.05) is 0 Å². The number of aromatic nitrogens is 4. The number of carbonyl (C=O) groups excluding carboxylic acids is 1. The zero-order valence-electron chi connectivity index (χ0n) is 11.2. The number of hydrogen-bond donors (Lipinski definition) is 1. The SMILES string of the molecule is NC(=O)c1cnc(C2CCCCC2)nc1-n1cccn1. The average molecular weight is 271 g/mol. The minimum absolute atomic E-state index is 0.299. The van der Waals surface area contributed by atoms with Gasteiger partial charge in [-0.25, -0.2) is 14.6 Å². The van der Waals surface area contributed by atoms with Crippen molar-refractivity contribution in [3.8, 4) is 5.82 Å². The van der Waals surface area contributed by atoms with Crippen LogP contribution in [-0.2, 0) is 0 Å². The fourth-order valence-corrected chi connectivity index (χ4v) is 2.69. The van der Waals surface area contributed by atoms with E-state index in [2.05, 4.69) is 15.1 Å². The second-order valence-electron chi connectivity index (χ2n) is 5.12. The molecule has 0 aromatic carbocycles. The van der Waals surface area contributed by atoms with Crippen LogP contribution in [0.1, 0.15) is 54.2 Å². The summed E-state index contributed by atoms with van der Waals surface area (Å²) in [4.78, 5) is 20.4. The zero-order valence-corrected chi connectivity index (χ0v) is 11.2. The van der Waals surface area contributed by atoms with Gasteiger partial charge in [-0.3, -0.25) is 4.79 Å². The molecule has 6 heteroatoms. The number of amides is 1. The molecule has 0 aliphatic heterocycles. The van der Waals surface area contributed by atoms with E-state index in [1.54, 1.807) is 23.1 Å². The van der Waals surface area contributed by atoms with E-state index in [0.717, 1.165) is 18.7 Å². The summed E-state index contributed by atoms with van der Waals surface area (Å²) in [6, 6.07) is 1.78. The molecule has 1 aliphatic carbocycles. The first-order valence-corrected chi connectivity index (χ1v) is 6.92. The lowest BCUT2D eigenvalue weighted by Crippen LogP contribution is -2.19. The Kier molecular flexibility index (Phi) is 3.45. The molecule has 2 aromatic rings. The Labute approximate surface area is 117 Å². The van der Waals surface area contributed by atoms with Crippen molar-refractivity contribution in [3.05, 3.63) is 36.0 Å². The van der Waals surface area contributed by atoms with Crippen LogP contribution in [-0.4, -0.2) is 25.7 Å². The average Bonchev–Trinajstić information content (AvgIpc) is 3.01. The van der Waals surface area contributed by atoms with Gasteiger partial charge in [0.05, 0.1) is 0 Å². The third-order valence-electron chi connectivity index (χ3n) is 3.74. The molecule has 104 valence electrons. The summed E-state index contributed by atoms with van der Waals surface area (Å²) in [6.45, 7) is 0. The van der Waals surface area contributed by atoms with E-state index in [0.29, 0.717) is 17.3 Å². The summed E-state index contributed by atoms with van der Waals surface area (Å²) in [7, 11) is 0. The number of carbonyl (C=O) groups is 1. The highest BCUT2D eigenvalue weighted by Gasteiger charge is 2.21. The van der Waals surface area contributed by atoms with Gasteiger partial charge in [-0.1, -0.05) is 19.3 Å². The largest absolute Gasteiger partial charge is 0.365 e. The molecule has 0 saturated heterocycles. The third kappa shape index (κ3) is 2.41. The molecule has 1 saturated carbocycles. The second kappa shape index (κ2) is 5.40. The first-order valence-electron chi connectivity index (χ1n) is 6.92. The van der Waals surface area contributed by atoms with E-state index in [-0.39, 0.29) is 0 Å². The standard InChI is InChI=1S/C14H17N5O/c15-12(20)11-9-16-13(10-5-2-1-3-6-10)18-14(11)19-8-4-7-17-19/h4,7-10H,1-3,5-6H2,(H2,15,20). The lowest BCUT2D eigenvalue weighted by molar-refractivity contribution is 0.0999. The van der Waals surface area contributed by atoms with E-state index in [1.165, 1.54) is 25.5 Å². The highest BCUT2D eigenvalue weighted by atomic mass is 16.1. The van der Waals surface area contributed by atoms with E-state index in [9.17, 15) is 4.79 Å². The molecule has 3 rings (SSSR count). The minimum atomic E-state index is -0.536. The Morgan fingerprint density at radius 1 is 1.30 bits per heavy atom. The van der Waals surface area contributed by atoms with Crippen LogP contribution in [0.2, 0.25) is 0 Å². The number of nitrogens with zero attached hydrogens (tertiary/aromatic N) is 4. The summed E-state index contributed by atoms with van der Waals surface area (Å²) >= 11 is 0. The molecule has 2 N–H and O–H groups in total. The Morgan fingerprint density at radius 3 is 2.75 bits per heavy atom. The summed E-state index contributed by atoms with van der Waals surface area (Å²) in [5.41, 5.74) is 5.69. The highest BCUT2D eigenvalue weighted by Crippen LogP contribution is 2.31. The first-order chi connectivity index (χ1) is 9.75. The fourth-order valence-electron chi connectivity index (χ4n) is 2.69. The van der Waals surface area contributed by atoms with Crippen LogP contribution >= 0.6 is 0 Å². The Balaban J connectivity index is 2.02. The van der Waals surface area contributed by atoms with Crippen LogP contribution in [0.3, 0.4) is 0 Å². The van der Waals surface area contributed by atoms with Gasteiger partial charge in [0.1, 0.15) is 11.4 Å². The maximum absolute atomic E-state index is 11.5. The van der Waals surface area contributed by atoms with Gasteiger partial charge in [0, 0.05) is 24.5 Å². The number of rotatable bonds is 3. The fraction of sp³-hybridized carbons (Fsp3) is 0.429. The maximum atomic E-state index is 11.5. The highest BCUT2D eigenvalue weighted by molar-refractivity contribution is 5.95. The van der Waals surface area contributed by atoms with Crippen LogP contribution in [0.5, 0.6) is 0 Å². The molecule has 0 unspecified atom stereocenters. The lowest BCUT2D eigenvalue weighted by Gasteiger charge is -2.20. The molecule has 20 heavy (non-hydrogen) atoms. The molecule has 1 amide bonds. The van der Waals surface area contributed by atoms with Crippen LogP contribution in [0.4, 0.5) is 0 Å². The van der Waals surface area contributed by atoms with Gasteiger partial charge < -0.3 is 5.73 Å². The molecule has 0 spiro atoms. The van der Waals surface area contributed by atoms with Crippen LogP contribution in [0.15, 0.2) is 24.7 Å². The Hall–Kier alpha value is -2.24. The van der Waals surface area contributed by atoms with E-state index in [4.69, 9.17) is 5.73 Å². The van der Waals surface area contributed by atoms with Crippen molar-refractivity contribution >= 4 is 5.91 Å². The van der Waals surface area contributed by atoms with Crippen molar-refractivity contribution in [1.82, 2.24) is 19.7 Å². The van der Waals surface area contributed by atoms with Gasteiger partial charge in [0.15, 0.2) is 5.82 Å². The van der Waals surface area contributed by atoms with E-state index in [1.807, 2.05) is 0 Å². The number of primary amides is 1. The maximum Gasteiger partial charge on any atom is 0.254 e. The molecule has 0 radical (unpaired) electrons. The van der Waals surface area contributed by atoms with Crippen molar-refractivity contribution in [2.45, 2.75) is 38.0 Å². The molecule has 1 fully saturated rings. The van der Waals surface area contributed by atoms with Crippen LogP contribution in [0, 0.1) is 0 Å². The van der Waals surface area contributed by atoms with Gasteiger partial charge in [0.2, 0.25) is 0 Å². The molecule has 0 bridgehead atoms. The van der Waals surface area contributed by atoms with Crippen LogP contribution < -0.4 is 5.73 Å². The Morgan fingerprint density at radius 2 is 2.10 bits per heavy atom. The van der Waals surface area contributed by atoms with E-state index < -0.39 is 5.91 Å². The summed E-state index contributed by atoms with van der Waals surface area (Å²) in [5.74, 6) is 1.10. The van der Waals surface area contributed by atoms with Gasteiger partial charge in [-0.2, -0.15) is 5.10 Å². The van der Waals surface area contributed by atoms with Crippen LogP contribution in [0.25, 0.3) is 5.82 Å². The molecule has 6 nitrogen and oxygen atoms in total. The molecule has 2 heterocycles. The molecule has 0 atom stereocenters. The van der Waals surface area contributed by atoms with Gasteiger partial charge in [-0.05, 0) is 18.9 Å². The third-order valence-corrected chi connectivity index (χ3v) is 3.74. The topological polar surface area (TPSA) is 86.7 Å². The van der Waals surface area contributed by atoms with Gasteiger partial charge in [0.25, 0.3) is 5.91 Å². The van der Waals surface area contributed by atoms with Gasteiger partial charge >= 0.3 is 0 Å².